The van der Waals surface area contributed by atoms with Crippen LogP contribution in [0.25, 0.3) is 0 Å². The number of aliphatic hydroxyl groups is 2. The van der Waals surface area contributed by atoms with Crippen LogP contribution in [0.3, 0.4) is 0 Å². The van der Waals surface area contributed by atoms with Gasteiger partial charge in [-0.25, -0.2) is 0 Å². The highest BCUT2D eigenvalue weighted by Gasteiger charge is 2.43. The number of nitrogens with zero attached hydrogens (tertiary/aromatic N) is 1. The summed E-state index contributed by atoms with van der Waals surface area (Å²) in [6.45, 7) is -0.372. The molecule has 0 radical (unpaired) electrons. The molecule has 3 N–H and O–H groups in total. The van der Waals surface area contributed by atoms with E-state index in [1.165, 1.54) is 6.08 Å². The summed E-state index contributed by atoms with van der Waals surface area (Å²) in [4.78, 5) is 25.8. The number of imide groups is 1. The van der Waals surface area contributed by atoms with Gasteiger partial charge in [0, 0.05) is 22.3 Å². The molecule has 0 spiro atoms. The van der Waals surface area contributed by atoms with Crippen LogP contribution in [0.1, 0.15) is 36.8 Å². The number of carbonyl (C=O) groups is 2. The normalized spacial score (nSPS) is 18.9. The van der Waals surface area contributed by atoms with E-state index >= 15 is 0 Å². The molecule has 0 bridgehead atoms. The Morgan fingerprint density at radius 2 is 1.81 bits per heavy atom. The van der Waals surface area contributed by atoms with Gasteiger partial charge in [-0.1, -0.05) is 54.8 Å². The molecular weight excluding hydrogens is 416 g/mol. The molecule has 1 heterocycles. The number of aliphatic hydroxyl groups excluding tert-OH is 1. The number of nitrogens with one attached hydrogen (secondary N) is 1. The summed E-state index contributed by atoms with van der Waals surface area (Å²) < 4.78 is 0. The minimum Gasteiger partial charge on any atom is -0.395 e. The van der Waals surface area contributed by atoms with Gasteiger partial charge in [-0.05, 0) is 42.5 Å². The van der Waals surface area contributed by atoms with Crippen LogP contribution in [0, 0.1) is 5.92 Å². The van der Waals surface area contributed by atoms with Gasteiger partial charge < -0.3 is 15.5 Å². The van der Waals surface area contributed by atoms with Crippen molar-refractivity contribution in [2.24, 2.45) is 5.92 Å². The number of rotatable bonds is 7. The first-order chi connectivity index (χ1) is 14.9. The third-order valence-electron chi connectivity index (χ3n) is 6.15. The number of carbonyl (C=O) groups excluding carboxylic acids is 2. The van der Waals surface area contributed by atoms with Gasteiger partial charge in [0.1, 0.15) is 11.3 Å². The average molecular weight is 441 g/mol. The number of anilines is 1. The van der Waals surface area contributed by atoms with E-state index in [1.54, 1.807) is 18.2 Å². The monoisotopic (exact) mass is 440 g/mol. The van der Waals surface area contributed by atoms with Crippen LogP contribution in [0.15, 0.2) is 60.3 Å². The fourth-order valence-electron chi connectivity index (χ4n) is 4.64. The lowest BCUT2D eigenvalue weighted by molar-refractivity contribution is -0.137. The van der Waals surface area contributed by atoms with Gasteiger partial charge in [0.05, 0.1) is 13.2 Å². The molecule has 162 valence electrons. The number of halogens is 1. The Hall–Kier alpha value is -2.67. The van der Waals surface area contributed by atoms with Crippen molar-refractivity contribution in [1.82, 2.24) is 4.90 Å². The molecule has 1 aliphatic carbocycles. The average Bonchev–Trinajstić information content (AvgIpc) is 3.40. The van der Waals surface area contributed by atoms with Crippen LogP contribution >= 0.6 is 11.6 Å². The Balaban J connectivity index is 1.78. The van der Waals surface area contributed by atoms with Crippen LogP contribution in [0.5, 0.6) is 0 Å². The number of hydrogen-bond donors (Lipinski definition) is 3. The van der Waals surface area contributed by atoms with Crippen molar-refractivity contribution in [1.29, 1.82) is 0 Å². The third-order valence-corrected chi connectivity index (χ3v) is 6.39. The molecule has 31 heavy (non-hydrogen) atoms. The molecule has 1 unspecified atom stereocenters. The highest BCUT2D eigenvalue weighted by Crippen LogP contribution is 2.48. The van der Waals surface area contributed by atoms with E-state index in [4.69, 9.17) is 16.7 Å². The van der Waals surface area contributed by atoms with Crippen molar-refractivity contribution < 1.29 is 19.8 Å². The lowest BCUT2D eigenvalue weighted by Gasteiger charge is -2.37. The number of benzene rings is 2. The predicted octanol–water partition coefficient (Wildman–Crippen LogP) is 3.42. The highest BCUT2D eigenvalue weighted by molar-refractivity contribution is 6.30. The van der Waals surface area contributed by atoms with Crippen molar-refractivity contribution in [3.05, 3.63) is 76.5 Å². The summed E-state index contributed by atoms with van der Waals surface area (Å²) in [7, 11) is 0. The van der Waals surface area contributed by atoms with E-state index in [2.05, 4.69) is 5.32 Å². The van der Waals surface area contributed by atoms with Gasteiger partial charge in [-0.15, -0.1) is 0 Å². The minimum atomic E-state index is -1.30. The number of hydrogen-bond acceptors (Lipinski definition) is 5. The maximum absolute atomic E-state index is 12.6. The molecule has 7 heteroatoms. The first kappa shape index (κ1) is 21.6. The maximum Gasteiger partial charge on any atom is 0.277 e. The molecule has 2 aromatic carbocycles. The summed E-state index contributed by atoms with van der Waals surface area (Å²) in [5.41, 5.74) is 0.642. The molecule has 0 aromatic heterocycles. The number of β-amino-alcohol motifs (C(OH)–C–C–N with tert-alkyl or cyclic N) is 1. The van der Waals surface area contributed by atoms with Crippen molar-refractivity contribution in [3.63, 3.8) is 0 Å². The van der Waals surface area contributed by atoms with E-state index < -0.39 is 17.4 Å². The number of amides is 2. The largest absolute Gasteiger partial charge is 0.395 e. The van der Waals surface area contributed by atoms with E-state index in [0.29, 0.717) is 16.3 Å². The van der Waals surface area contributed by atoms with Gasteiger partial charge in [0.2, 0.25) is 0 Å². The van der Waals surface area contributed by atoms with Gasteiger partial charge >= 0.3 is 0 Å². The van der Waals surface area contributed by atoms with Crippen LogP contribution in [0.4, 0.5) is 5.69 Å². The second kappa shape index (κ2) is 8.83. The second-order valence-corrected chi connectivity index (χ2v) is 8.44. The SMILES string of the molecule is O=C1C=C(Nc2ccc(Cl)cc2C(O)(c2ccccc2)C2CCCC2)C(=O)N1CCO. The molecule has 1 fully saturated rings. The fraction of sp³-hybridized carbons (Fsp3) is 0.333. The lowest BCUT2D eigenvalue weighted by atomic mass is 9.74. The van der Waals surface area contributed by atoms with Gasteiger partial charge in [-0.2, -0.15) is 0 Å². The quantitative estimate of drug-likeness (QED) is 0.574. The first-order valence-electron chi connectivity index (χ1n) is 10.5. The summed E-state index contributed by atoms with van der Waals surface area (Å²) in [6.07, 6.45) is 5.05. The minimum absolute atomic E-state index is 0.00491. The topological polar surface area (TPSA) is 89.9 Å². The van der Waals surface area contributed by atoms with Gasteiger partial charge in [0.15, 0.2) is 0 Å². The van der Waals surface area contributed by atoms with Crippen molar-refractivity contribution in [2.45, 2.75) is 31.3 Å². The zero-order valence-corrected chi connectivity index (χ0v) is 17.8. The van der Waals surface area contributed by atoms with Gasteiger partial charge in [-0.3, -0.25) is 14.5 Å². The van der Waals surface area contributed by atoms with Crippen LogP contribution in [0.2, 0.25) is 5.02 Å². The summed E-state index contributed by atoms with van der Waals surface area (Å²) in [6, 6.07) is 14.6. The molecule has 0 saturated heterocycles. The first-order valence-corrected chi connectivity index (χ1v) is 10.9. The predicted molar refractivity (Wildman–Crippen MR) is 118 cm³/mol. The Morgan fingerprint density at radius 3 is 2.48 bits per heavy atom. The Morgan fingerprint density at radius 1 is 1.10 bits per heavy atom. The van der Waals surface area contributed by atoms with Crippen LogP contribution in [-0.4, -0.2) is 40.1 Å². The third kappa shape index (κ3) is 3.99. The Labute approximate surface area is 186 Å². The lowest BCUT2D eigenvalue weighted by Crippen LogP contribution is -2.36. The summed E-state index contributed by atoms with van der Waals surface area (Å²) in [5.74, 6) is -0.995. The molecule has 4 rings (SSSR count). The maximum atomic E-state index is 12.6. The molecule has 6 nitrogen and oxygen atoms in total. The van der Waals surface area contributed by atoms with Crippen molar-refractivity contribution in [2.75, 3.05) is 18.5 Å². The van der Waals surface area contributed by atoms with E-state index in [9.17, 15) is 14.7 Å². The standard InChI is InChI=1S/C24H25ClN2O4/c25-18-10-11-20(26-21-15-22(29)27(12-13-28)23(21)30)19(14-18)24(31,17-8-4-5-9-17)16-6-2-1-3-7-16/h1-3,6-7,10-11,14-15,17,26,28,31H,4-5,8-9,12-13H2. The Bertz CT molecular complexity index is 1020. The zero-order chi connectivity index (χ0) is 22.0. The van der Waals surface area contributed by atoms with E-state index in [0.717, 1.165) is 36.1 Å². The smallest absolute Gasteiger partial charge is 0.277 e. The Kier molecular flexibility index (Phi) is 6.14. The van der Waals surface area contributed by atoms with Crippen LogP contribution in [-0.2, 0) is 15.2 Å². The zero-order valence-electron chi connectivity index (χ0n) is 17.1. The molecule has 2 amide bonds. The van der Waals surface area contributed by atoms with Crippen LogP contribution < -0.4 is 5.32 Å². The van der Waals surface area contributed by atoms with E-state index in [1.807, 2.05) is 30.3 Å². The van der Waals surface area contributed by atoms with Gasteiger partial charge in [0.25, 0.3) is 11.8 Å². The molecular formula is C24H25ClN2O4. The van der Waals surface area contributed by atoms with E-state index in [-0.39, 0.29) is 24.8 Å². The fourth-order valence-corrected chi connectivity index (χ4v) is 4.81. The van der Waals surface area contributed by atoms with Crippen molar-refractivity contribution >= 4 is 29.1 Å². The molecule has 1 aliphatic heterocycles. The molecule has 1 atom stereocenters. The molecule has 2 aromatic rings. The second-order valence-electron chi connectivity index (χ2n) is 8.01. The molecule has 1 saturated carbocycles. The molecule has 2 aliphatic rings. The van der Waals surface area contributed by atoms with Crippen molar-refractivity contribution in [3.8, 4) is 0 Å². The summed E-state index contributed by atoms with van der Waals surface area (Å²) in [5, 5.41) is 24.8. The summed E-state index contributed by atoms with van der Waals surface area (Å²) >= 11 is 6.34. The highest BCUT2D eigenvalue weighted by atomic mass is 35.5.